The summed E-state index contributed by atoms with van der Waals surface area (Å²) in [6, 6.07) is 3.50. The molecule has 10 nitrogen and oxygen atoms in total. The number of hydroxylamine groups is 1. The lowest BCUT2D eigenvalue weighted by Gasteiger charge is -2.30. The number of nitrogens with two attached hydrogens (primary N) is 2. The highest BCUT2D eigenvalue weighted by Gasteiger charge is 2.46. The van der Waals surface area contributed by atoms with Crippen molar-refractivity contribution in [3.63, 3.8) is 0 Å². The number of halogens is 3. The van der Waals surface area contributed by atoms with Gasteiger partial charge in [-0.25, -0.2) is 23.7 Å². The summed E-state index contributed by atoms with van der Waals surface area (Å²) in [6.45, 7) is -0.00310. The fourth-order valence-corrected chi connectivity index (χ4v) is 3.24. The van der Waals surface area contributed by atoms with Crippen molar-refractivity contribution in [1.29, 1.82) is 0 Å². The van der Waals surface area contributed by atoms with Gasteiger partial charge in [-0.2, -0.15) is 0 Å². The number of nitrogens with zero attached hydrogens (tertiary/aromatic N) is 3. The van der Waals surface area contributed by atoms with Crippen LogP contribution in [0.25, 0.3) is 0 Å². The number of benzene rings is 1. The summed E-state index contributed by atoms with van der Waals surface area (Å²) in [5.74, 6) is 1.77. The second-order valence-electron chi connectivity index (χ2n) is 6.59. The normalized spacial score (nSPS) is 20.5. The van der Waals surface area contributed by atoms with Crippen LogP contribution < -0.4 is 27.0 Å². The van der Waals surface area contributed by atoms with Crippen molar-refractivity contribution in [3.8, 4) is 18.2 Å². The molecule has 1 unspecified atom stereocenters. The summed E-state index contributed by atoms with van der Waals surface area (Å²) < 4.78 is 33.6. The molecule has 2 aromatic rings. The van der Waals surface area contributed by atoms with Gasteiger partial charge in [-0.05, 0) is 18.2 Å². The maximum atomic E-state index is 14.3. The molecule has 0 radical (unpaired) electrons. The van der Waals surface area contributed by atoms with E-state index in [1.54, 1.807) is 0 Å². The molecule has 0 saturated heterocycles. The zero-order valence-corrected chi connectivity index (χ0v) is 17.1. The number of rotatable bonds is 6. The number of ether oxygens (including phenoxy) is 1. The lowest BCUT2D eigenvalue weighted by molar-refractivity contribution is 0.0399. The number of amides is 1. The monoisotopic (exact) mass is 465 g/mol. The number of carbonyl (C=O) groups is 1. The first-order chi connectivity index (χ1) is 15.2. The number of nitrogens with one attached hydrogen (secondary N) is 2. The van der Waals surface area contributed by atoms with Crippen molar-refractivity contribution in [1.82, 2.24) is 15.4 Å². The maximum absolute atomic E-state index is 14.3. The Balaban J connectivity index is 1.90. The van der Waals surface area contributed by atoms with E-state index in [2.05, 4.69) is 31.7 Å². The minimum atomic E-state index is -3.04. The third-order valence-corrected chi connectivity index (χ3v) is 4.70. The van der Waals surface area contributed by atoms with Crippen molar-refractivity contribution in [2.24, 2.45) is 16.5 Å². The summed E-state index contributed by atoms with van der Waals surface area (Å²) in [4.78, 5) is 29.0. The second kappa shape index (κ2) is 9.73. The predicted octanol–water partition coefficient (Wildman–Crippen LogP) is 1.38. The van der Waals surface area contributed by atoms with Gasteiger partial charge in [0, 0.05) is 22.7 Å². The number of anilines is 1. The molecule has 1 aliphatic heterocycles. The number of aliphatic imine (C=N–C) groups is 1. The maximum Gasteiger partial charge on any atom is 0.303 e. The van der Waals surface area contributed by atoms with E-state index < -0.39 is 30.1 Å². The number of alkyl halides is 2. The number of hydrogen-bond acceptors (Lipinski definition) is 9. The van der Waals surface area contributed by atoms with Gasteiger partial charge >= 0.3 is 6.02 Å². The Morgan fingerprint density at radius 3 is 2.91 bits per heavy atom. The zero-order valence-electron chi connectivity index (χ0n) is 16.4. The first-order valence-electron chi connectivity index (χ1n) is 9.06. The smallest absolute Gasteiger partial charge is 0.303 e. The van der Waals surface area contributed by atoms with Gasteiger partial charge in [-0.15, -0.1) is 11.9 Å². The lowest BCUT2D eigenvalue weighted by Crippen LogP contribution is -2.44. The predicted molar refractivity (Wildman–Crippen MR) is 112 cm³/mol. The molecule has 1 amide bonds. The van der Waals surface area contributed by atoms with Crippen molar-refractivity contribution in [3.05, 3.63) is 46.9 Å². The Kier molecular flexibility index (Phi) is 7.04. The van der Waals surface area contributed by atoms with Crippen molar-refractivity contribution in [2.75, 3.05) is 11.9 Å². The van der Waals surface area contributed by atoms with Gasteiger partial charge in [-0.3, -0.25) is 4.79 Å². The van der Waals surface area contributed by atoms with E-state index in [4.69, 9.17) is 39.1 Å². The molecule has 2 atom stereocenters. The van der Waals surface area contributed by atoms with Crippen LogP contribution in [0.4, 0.5) is 14.5 Å². The van der Waals surface area contributed by atoms with Crippen molar-refractivity contribution >= 4 is 29.2 Å². The molecule has 0 aliphatic carbocycles. The molecule has 13 heteroatoms. The van der Waals surface area contributed by atoms with Crippen LogP contribution >= 0.6 is 11.6 Å². The minimum Gasteiger partial charge on any atom is -0.463 e. The Bertz CT molecular complexity index is 1060. The van der Waals surface area contributed by atoms with Crippen LogP contribution in [-0.2, 0) is 10.4 Å². The van der Waals surface area contributed by atoms with Gasteiger partial charge in [0.15, 0.2) is 12.1 Å². The summed E-state index contributed by atoms with van der Waals surface area (Å²) in [7, 11) is 0. The molecule has 2 heterocycles. The summed E-state index contributed by atoms with van der Waals surface area (Å²) >= 11 is 6.22. The first kappa shape index (κ1) is 23.1. The lowest BCUT2D eigenvalue weighted by atomic mass is 9.86. The van der Waals surface area contributed by atoms with E-state index in [0.29, 0.717) is 0 Å². The van der Waals surface area contributed by atoms with E-state index >= 15 is 0 Å². The summed E-state index contributed by atoms with van der Waals surface area (Å²) in [5.41, 5.74) is 11.5. The van der Waals surface area contributed by atoms with Gasteiger partial charge in [0.05, 0.1) is 18.6 Å². The largest absolute Gasteiger partial charge is 0.463 e. The van der Waals surface area contributed by atoms with Crippen LogP contribution in [0.1, 0.15) is 22.5 Å². The molecule has 0 spiro atoms. The average Bonchev–Trinajstić information content (AvgIpc) is 2.92. The van der Waals surface area contributed by atoms with Gasteiger partial charge in [-0.1, -0.05) is 17.5 Å². The molecular formula is C19H18ClF2N7O3. The third-order valence-electron chi connectivity index (χ3n) is 4.37. The average molecular weight is 466 g/mol. The summed E-state index contributed by atoms with van der Waals surface area (Å²) in [5, 5.41) is 2.52. The van der Waals surface area contributed by atoms with Crippen LogP contribution in [-0.4, -0.2) is 41.1 Å². The molecule has 6 N–H and O–H groups in total. The van der Waals surface area contributed by atoms with Crippen LogP contribution in [0.2, 0.25) is 5.02 Å². The van der Waals surface area contributed by atoms with E-state index in [1.165, 1.54) is 30.6 Å². The van der Waals surface area contributed by atoms with Crippen molar-refractivity contribution in [2.45, 2.75) is 24.6 Å². The molecule has 1 aliphatic rings. The van der Waals surface area contributed by atoms with Gasteiger partial charge < -0.3 is 26.4 Å². The Morgan fingerprint density at radius 1 is 1.47 bits per heavy atom. The first-order valence-corrected chi connectivity index (χ1v) is 9.44. The zero-order chi connectivity index (χ0) is 23.3. The molecule has 32 heavy (non-hydrogen) atoms. The highest BCUT2D eigenvalue weighted by Crippen LogP contribution is 2.42. The standard InChI is InChI=1S/C19H18ClF2N7O3/c1-2-5-31-15-9-25-13(8-26-15)16(30)27-10-3-4-12(20)11(6-10)19(17(21)22)7-14(23)29-32-18(24)28-19/h1,3-4,6,8-9,14,17,29H,5,7,23H2,(H2,24,28)(H,27,30)/t14?,19-/m1/s1. The van der Waals surface area contributed by atoms with Crippen LogP contribution in [0.15, 0.2) is 35.6 Å². The molecule has 0 saturated carbocycles. The Morgan fingerprint density at radius 2 is 2.25 bits per heavy atom. The molecule has 0 fully saturated rings. The second-order valence-corrected chi connectivity index (χ2v) is 6.99. The third kappa shape index (κ3) is 5.02. The fourth-order valence-electron chi connectivity index (χ4n) is 2.96. The fraction of sp³-hybridized carbons (Fsp3) is 0.263. The number of aromatic nitrogens is 2. The molecule has 168 valence electrons. The van der Waals surface area contributed by atoms with E-state index in [1.807, 2.05) is 0 Å². The number of amidine groups is 1. The molecule has 1 aromatic carbocycles. The highest BCUT2D eigenvalue weighted by molar-refractivity contribution is 6.31. The van der Waals surface area contributed by atoms with E-state index in [0.717, 1.165) is 0 Å². The van der Waals surface area contributed by atoms with E-state index in [9.17, 15) is 13.6 Å². The Labute approximate surface area is 186 Å². The quantitative estimate of drug-likeness (QED) is 0.467. The molecule has 0 bridgehead atoms. The topological polar surface area (TPSA) is 150 Å². The van der Waals surface area contributed by atoms with E-state index in [-0.39, 0.29) is 40.9 Å². The van der Waals surface area contributed by atoms with Gasteiger partial charge in [0.2, 0.25) is 5.88 Å². The molecule has 3 rings (SSSR count). The van der Waals surface area contributed by atoms with Gasteiger partial charge in [0.1, 0.15) is 5.69 Å². The van der Waals surface area contributed by atoms with Gasteiger partial charge in [0.25, 0.3) is 12.3 Å². The highest BCUT2D eigenvalue weighted by atomic mass is 35.5. The molecular weight excluding hydrogens is 448 g/mol. The van der Waals surface area contributed by atoms with Crippen LogP contribution in [0, 0.1) is 12.3 Å². The SMILES string of the molecule is C#CCOc1cnc(C(=O)Nc2ccc(Cl)c([C@@]3(C(F)F)CC(N)NOC(N)=N3)c2)cn1. The number of carbonyl (C=O) groups excluding carboxylic acids is 1. The van der Waals surface area contributed by atoms with Crippen LogP contribution in [0.5, 0.6) is 5.88 Å². The van der Waals surface area contributed by atoms with Crippen LogP contribution in [0.3, 0.4) is 0 Å². The molecule has 1 aromatic heterocycles. The minimum absolute atomic E-state index is 0.00310. The Hall–Kier alpha value is -3.53. The number of hydrogen-bond donors (Lipinski definition) is 4. The summed E-state index contributed by atoms with van der Waals surface area (Å²) in [6.07, 6.45) is 3.05. The van der Waals surface area contributed by atoms with Crippen molar-refractivity contribution < 1.29 is 23.1 Å². The number of terminal acetylenes is 1.